The summed E-state index contributed by atoms with van der Waals surface area (Å²) >= 11 is 1.52. The summed E-state index contributed by atoms with van der Waals surface area (Å²) in [5.41, 5.74) is 1.74. The molecule has 0 aliphatic rings. The van der Waals surface area contributed by atoms with Crippen molar-refractivity contribution in [1.29, 1.82) is 0 Å². The summed E-state index contributed by atoms with van der Waals surface area (Å²) in [6.45, 7) is 4.31. The molecular formula is C12H13NO2S. The summed E-state index contributed by atoms with van der Waals surface area (Å²) in [7, 11) is 0. The second-order valence-corrected chi connectivity index (χ2v) is 4.41. The Balaban J connectivity index is 1.98. The molecule has 3 nitrogen and oxygen atoms in total. The van der Waals surface area contributed by atoms with Crippen LogP contribution in [0.5, 0.6) is 0 Å². The predicted molar refractivity (Wildman–Crippen MR) is 63.7 cm³/mol. The van der Waals surface area contributed by atoms with Gasteiger partial charge in [0.15, 0.2) is 0 Å². The van der Waals surface area contributed by atoms with Gasteiger partial charge >= 0.3 is 0 Å². The van der Waals surface area contributed by atoms with E-state index in [1.807, 2.05) is 36.7 Å². The first-order valence-corrected chi connectivity index (χ1v) is 5.97. The van der Waals surface area contributed by atoms with E-state index in [4.69, 9.17) is 4.42 Å². The van der Waals surface area contributed by atoms with Crippen LogP contribution in [0.4, 0.5) is 0 Å². The van der Waals surface area contributed by atoms with Gasteiger partial charge in [0, 0.05) is 23.1 Å². The minimum atomic E-state index is -0.0421. The van der Waals surface area contributed by atoms with Crippen molar-refractivity contribution in [3.63, 3.8) is 0 Å². The molecule has 0 saturated heterocycles. The molecule has 1 N–H and O–H groups in total. The van der Waals surface area contributed by atoms with Crippen LogP contribution < -0.4 is 5.32 Å². The minimum Gasteiger partial charge on any atom is -0.466 e. The molecule has 0 fully saturated rings. The zero-order valence-electron chi connectivity index (χ0n) is 9.24. The third kappa shape index (κ3) is 2.33. The summed E-state index contributed by atoms with van der Waals surface area (Å²) in [4.78, 5) is 11.7. The lowest BCUT2D eigenvalue weighted by Crippen LogP contribution is -2.22. The second-order valence-electron chi connectivity index (χ2n) is 3.63. The van der Waals surface area contributed by atoms with E-state index in [0.29, 0.717) is 12.1 Å². The van der Waals surface area contributed by atoms with Crippen molar-refractivity contribution < 1.29 is 9.21 Å². The Morgan fingerprint density at radius 1 is 1.50 bits per heavy atom. The van der Waals surface area contributed by atoms with E-state index in [0.717, 1.165) is 17.1 Å². The van der Waals surface area contributed by atoms with Gasteiger partial charge < -0.3 is 9.73 Å². The highest BCUT2D eigenvalue weighted by atomic mass is 32.1. The first kappa shape index (κ1) is 11.0. The number of hydrogen-bond donors (Lipinski definition) is 1. The molecule has 2 rings (SSSR count). The number of hydrogen-bond acceptors (Lipinski definition) is 3. The lowest BCUT2D eigenvalue weighted by atomic mass is 10.2. The van der Waals surface area contributed by atoms with Gasteiger partial charge in [0.05, 0.1) is 0 Å². The Labute approximate surface area is 98.1 Å². The van der Waals surface area contributed by atoms with Crippen LogP contribution in [0, 0.1) is 13.8 Å². The number of carbonyl (C=O) groups excluding carboxylic acids is 1. The smallest absolute Gasteiger partial charge is 0.252 e. The molecule has 0 aromatic carbocycles. The largest absolute Gasteiger partial charge is 0.466 e. The zero-order valence-corrected chi connectivity index (χ0v) is 10.1. The van der Waals surface area contributed by atoms with E-state index < -0.39 is 0 Å². The molecular weight excluding hydrogens is 222 g/mol. The molecule has 2 heterocycles. The van der Waals surface area contributed by atoms with Gasteiger partial charge in [-0.25, -0.2) is 0 Å². The summed E-state index contributed by atoms with van der Waals surface area (Å²) in [6.07, 6.45) is 0. The zero-order chi connectivity index (χ0) is 11.5. The fourth-order valence-corrected chi connectivity index (χ4v) is 2.17. The third-order valence-corrected chi connectivity index (χ3v) is 3.05. The summed E-state index contributed by atoms with van der Waals surface area (Å²) in [5.74, 6) is 1.69. The average Bonchev–Trinajstić information content (AvgIpc) is 2.84. The molecule has 2 aromatic heterocycles. The molecule has 0 bridgehead atoms. The Morgan fingerprint density at radius 2 is 2.31 bits per heavy atom. The minimum absolute atomic E-state index is 0.0421. The fraction of sp³-hybridized carbons (Fsp3) is 0.250. The summed E-state index contributed by atoms with van der Waals surface area (Å²) in [6, 6.07) is 3.76. The SMILES string of the molecule is Cc1cc(CNC(=O)c2ccsc2)c(C)o1. The van der Waals surface area contributed by atoms with Crippen molar-refractivity contribution in [1.82, 2.24) is 5.32 Å². The lowest BCUT2D eigenvalue weighted by molar-refractivity contribution is 0.0951. The highest BCUT2D eigenvalue weighted by Gasteiger charge is 2.08. The molecule has 0 unspecified atom stereocenters. The van der Waals surface area contributed by atoms with Gasteiger partial charge in [-0.3, -0.25) is 4.79 Å². The molecule has 2 aromatic rings. The van der Waals surface area contributed by atoms with E-state index in [9.17, 15) is 4.79 Å². The van der Waals surface area contributed by atoms with Gasteiger partial charge in [-0.15, -0.1) is 0 Å². The average molecular weight is 235 g/mol. The summed E-state index contributed by atoms with van der Waals surface area (Å²) in [5, 5.41) is 6.59. The third-order valence-electron chi connectivity index (χ3n) is 2.37. The first-order chi connectivity index (χ1) is 7.66. The molecule has 1 amide bonds. The molecule has 0 radical (unpaired) electrons. The molecule has 0 aliphatic carbocycles. The Bertz CT molecular complexity index is 485. The highest BCUT2D eigenvalue weighted by Crippen LogP contribution is 2.13. The van der Waals surface area contributed by atoms with Crippen LogP contribution in [0.25, 0.3) is 0 Å². The van der Waals surface area contributed by atoms with E-state index in [1.54, 1.807) is 0 Å². The maximum Gasteiger partial charge on any atom is 0.252 e. The van der Waals surface area contributed by atoms with Gasteiger partial charge in [-0.2, -0.15) is 11.3 Å². The van der Waals surface area contributed by atoms with Crippen molar-refractivity contribution in [3.05, 3.63) is 45.5 Å². The van der Waals surface area contributed by atoms with E-state index in [1.165, 1.54) is 11.3 Å². The maximum atomic E-state index is 11.7. The van der Waals surface area contributed by atoms with Crippen LogP contribution >= 0.6 is 11.3 Å². The molecule has 0 aliphatic heterocycles. The van der Waals surface area contributed by atoms with Crippen LogP contribution in [0.15, 0.2) is 27.3 Å². The van der Waals surface area contributed by atoms with Crippen LogP contribution in [0.1, 0.15) is 27.4 Å². The quantitative estimate of drug-likeness (QED) is 0.888. The van der Waals surface area contributed by atoms with Gasteiger partial charge in [-0.05, 0) is 31.4 Å². The van der Waals surface area contributed by atoms with E-state index in [2.05, 4.69) is 5.32 Å². The van der Waals surface area contributed by atoms with Crippen LogP contribution in [0.2, 0.25) is 0 Å². The number of carbonyl (C=O) groups is 1. The molecule has 84 valence electrons. The molecule has 0 spiro atoms. The van der Waals surface area contributed by atoms with Crippen LogP contribution in [0.3, 0.4) is 0 Å². The molecule has 0 saturated carbocycles. The number of thiophene rings is 1. The Kier molecular flexibility index (Phi) is 3.10. The predicted octanol–water partition coefficient (Wildman–Crippen LogP) is 2.89. The highest BCUT2D eigenvalue weighted by molar-refractivity contribution is 7.08. The van der Waals surface area contributed by atoms with Crippen molar-refractivity contribution >= 4 is 17.2 Å². The molecule has 16 heavy (non-hydrogen) atoms. The lowest BCUT2D eigenvalue weighted by Gasteiger charge is -2.01. The number of amides is 1. The van der Waals surface area contributed by atoms with Gasteiger partial charge in [0.25, 0.3) is 5.91 Å². The molecule has 0 atom stereocenters. The maximum absolute atomic E-state index is 11.7. The van der Waals surface area contributed by atoms with Gasteiger partial charge in [0.2, 0.25) is 0 Å². The standard InChI is InChI=1S/C12H13NO2S/c1-8-5-11(9(2)15-8)6-13-12(14)10-3-4-16-7-10/h3-5,7H,6H2,1-2H3,(H,13,14). The second kappa shape index (κ2) is 4.53. The fourth-order valence-electron chi connectivity index (χ4n) is 1.53. The number of furan rings is 1. The van der Waals surface area contributed by atoms with Crippen LogP contribution in [-0.4, -0.2) is 5.91 Å². The van der Waals surface area contributed by atoms with Gasteiger partial charge in [-0.1, -0.05) is 0 Å². The van der Waals surface area contributed by atoms with Gasteiger partial charge in [0.1, 0.15) is 11.5 Å². The van der Waals surface area contributed by atoms with Crippen LogP contribution in [-0.2, 0) is 6.54 Å². The number of rotatable bonds is 3. The first-order valence-electron chi connectivity index (χ1n) is 5.03. The van der Waals surface area contributed by atoms with E-state index in [-0.39, 0.29) is 5.91 Å². The number of aryl methyl sites for hydroxylation is 2. The van der Waals surface area contributed by atoms with Crippen molar-refractivity contribution in [2.24, 2.45) is 0 Å². The van der Waals surface area contributed by atoms with Crippen molar-refractivity contribution in [2.45, 2.75) is 20.4 Å². The topological polar surface area (TPSA) is 42.2 Å². The van der Waals surface area contributed by atoms with Crippen molar-refractivity contribution in [2.75, 3.05) is 0 Å². The summed E-state index contributed by atoms with van der Waals surface area (Å²) < 4.78 is 5.39. The monoisotopic (exact) mass is 235 g/mol. The number of nitrogens with one attached hydrogen (secondary N) is 1. The Morgan fingerprint density at radius 3 is 2.88 bits per heavy atom. The normalized spacial score (nSPS) is 10.4. The molecule has 4 heteroatoms. The van der Waals surface area contributed by atoms with E-state index >= 15 is 0 Å². The Hall–Kier alpha value is -1.55. The van der Waals surface area contributed by atoms with Crippen molar-refractivity contribution in [3.8, 4) is 0 Å².